The predicted octanol–water partition coefficient (Wildman–Crippen LogP) is 6.63. The van der Waals surface area contributed by atoms with E-state index < -0.39 is 5.91 Å². The molecule has 1 N–H and O–H groups in total. The third-order valence-electron chi connectivity index (χ3n) is 4.35. The average molecular weight is 512 g/mol. The van der Waals surface area contributed by atoms with E-state index in [4.69, 9.17) is 21.1 Å². The summed E-state index contributed by atoms with van der Waals surface area (Å²) in [6.45, 7) is 2.82. The van der Waals surface area contributed by atoms with Crippen molar-refractivity contribution >= 4 is 45.2 Å². The van der Waals surface area contributed by atoms with E-state index in [1.54, 1.807) is 36.4 Å². The summed E-state index contributed by atoms with van der Waals surface area (Å²) in [5.41, 5.74) is 2.10. The number of rotatable bonds is 8. The number of nitrogens with one attached hydrogen (secondary N) is 1. The van der Waals surface area contributed by atoms with Gasteiger partial charge < -0.3 is 14.8 Å². The van der Waals surface area contributed by atoms with Crippen LogP contribution in [0.4, 0.5) is 5.69 Å². The van der Waals surface area contributed by atoms with Crippen molar-refractivity contribution in [2.24, 2.45) is 0 Å². The molecule has 7 heteroatoms. The van der Waals surface area contributed by atoms with Gasteiger partial charge in [0.15, 0.2) is 5.75 Å². The minimum Gasteiger partial charge on any atom is -0.494 e. The Bertz CT molecular complexity index is 1130. The number of hydrogen-bond donors (Lipinski definition) is 1. The molecule has 0 radical (unpaired) electrons. The maximum Gasteiger partial charge on any atom is 0.266 e. The Hall–Kier alpha value is -3.27. The van der Waals surface area contributed by atoms with Crippen molar-refractivity contribution in [2.45, 2.75) is 13.5 Å². The third kappa shape index (κ3) is 6.36. The maximum absolute atomic E-state index is 12.6. The van der Waals surface area contributed by atoms with Crippen molar-refractivity contribution in [3.63, 3.8) is 0 Å². The summed E-state index contributed by atoms with van der Waals surface area (Å²) in [6, 6.07) is 22.0. The van der Waals surface area contributed by atoms with Gasteiger partial charge in [-0.2, -0.15) is 5.26 Å². The second kappa shape index (κ2) is 11.4. The molecule has 5 nitrogen and oxygen atoms in total. The summed E-state index contributed by atoms with van der Waals surface area (Å²) in [6.07, 6.45) is 1.47. The van der Waals surface area contributed by atoms with Gasteiger partial charge in [0, 0.05) is 5.69 Å². The minimum atomic E-state index is -0.520. The molecule has 3 aromatic rings. The van der Waals surface area contributed by atoms with E-state index >= 15 is 0 Å². The molecule has 3 aromatic carbocycles. The van der Waals surface area contributed by atoms with Crippen molar-refractivity contribution in [1.29, 1.82) is 5.26 Å². The van der Waals surface area contributed by atoms with Crippen molar-refractivity contribution in [2.75, 3.05) is 11.9 Å². The summed E-state index contributed by atoms with van der Waals surface area (Å²) >= 11 is 9.86. The number of anilines is 1. The number of carbonyl (C=O) groups excluding carboxylic acids is 1. The molecule has 0 saturated heterocycles. The molecule has 3 rings (SSSR count). The highest BCUT2D eigenvalue weighted by molar-refractivity contribution is 9.10. The van der Waals surface area contributed by atoms with Crippen LogP contribution in [0.25, 0.3) is 6.08 Å². The predicted molar refractivity (Wildman–Crippen MR) is 130 cm³/mol. The first-order valence-corrected chi connectivity index (χ1v) is 11.0. The van der Waals surface area contributed by atoms with Gasteiger partial charge in [0.05, 0.1) is 16.1 Å². The second-order valence-corrected chi connectivity index (χ2v) is 7.93. The first-order chi connectivity index (χ1) is 15.5. The van der Waals surface area contributed by atoms with E-state index in [2.05, 4.69) is 21.2 Å². The summed E-state index contributed by atoms with van der Waals surface area (Å²) in [5.74, 6) is 0.675. The van der Waals surface area contributed by atoms with Gasteiger partial charge in [-0.1, -0.05) is 41.9 Å². The third-order valence-corrected chi connectivity index (χ3v) is 5.22. The van der Waals surface area contributed by atoms with E-state index in [9.17, 15) is 10.1 Å². The van der Waals surface area contributed by atoms with Gasteiger partial charge in [0.25, 0.3) is 5.91 Å². The number of carbonyl (C=O) groups is 1. The lowest BCUT2D eigenvalue weighted by molar-refractivity contribution is -0.112. The minimum absolute atomic E-state index is 0.0557. The SMILES string of the molecule is CCOc1ccc(NC(=O)/C(C#N)=C\c2cc(Cl)c(OCc3ccccc3)c(Br)c2)cc1. The highest BCUT2D eigenvalue weighted by Gasteiger charge is 2.13. The van der Waals surface area contributed by atoms with Gasteiger partial charge in [-0.15, -0.1) is 0 Å². The average Bonchev–Trinajstić information content (AvgIpc) is 2.79. The standard InChI is InChI=1S/C25H20BrClN2O3/c1-2-31-21-10-8-20(9-11-21)29-25(30)19(15-28)12-18-13-22(26)24(23(27)14-18)32-16-17-6-4-3-5-7-17/h3-14H,2,16H2,1H3,(H,29,30)/b19-12-. The van der Waals surface area contributed by atoms with Crippen LogP contribution in [-0.4, -0.2) is 12.5 Å². The first-order valence-electron chi connectivity index (χ1n) is 9.82. The van der Waals surface area contributed by atoms with Gasteiger partial charge in [-0.25, -0.2) is 0 Å². The summed E-state index contributed by atoms with van der Waals surface area (Å²) < 4.78 is 11.8. The monoisotopic (exact) mass is 510 g/mol. The number of benzene rings is 3. The topological polar surface area (TPSA) is 71.3 Å². The van der Waals surface area contributed by atoms with E-state index in [1.807, 2.05) is 43.3 Å². The molecular weight excluding hydrogens is 492 g/mol. The fraction of sp³-hybridized carbons (Fsp3) is 0.120. The smallest absolute Gasteiger partial charge is 0.266 e. The molecule has 0 aliphatic rings. The van der Waals surface area contributed by atoms with Crippen LogP contribution >= 0.6 is 27.5 Å². The van der Waals surface area contributed by atoms with Crippen LogP contribution in [0.5, 0.6) is 11.5 Å². The van der Waals surface area contributed by atoms with Gasteiger partial charge >= 0.3 is 0 Å². The largest absolute Gasteiger partial charge is 0.494 e. The number of amides is 1. The number of ether oxygens (including phenoxy) is 2. The number of nitrogens with zero attached hydrogens (tertiary/aromatic N) is 1. The fourth-order valence-electron chi connectivity index (χ4n) is 2.85. The molecule has 0 atom stereocenters. The van der Waals surface area contributed by atoms with Crippen molar-refractivity contribution in [3.05, 3.63) is 92.9 Å². The zero-order chi connectivity index (χ0) is 22.9. The Morgan fingerprint density at radius 3 is 2.47 bits per heavy atom. The quantitative estimate of drug-likeness (QED) is 0.272. The Balaban J connectivity index is 1.73. The van der Waals surface area contributed by atoms with Crippen molar-refractivity contribution in [1.82, 2.24) is 0 Å². The molecule has 0 unspecified atom stereocenters. The van der Waals surface area contributed by atoms with Crippen LogP contribution in [0.1, 0.15) is 18.1 Å². The van der Waals surface area contributed by atoms with E-state index in [0.29, 0.717) is 45.5 Å². The zero-order valence-electron chi connectivity index (χ0n) is 17.3. The molecule has 0 spiro atoms. The maximum atomic E-state index is 12.6. The van der Waals surface area contributed by atoms with Crippen LogP contribution in [0.2, 0.25) is 5.02 Å². The van der Waals surface area contributed by atoms with E-state index in [0.717, 1.165) is 5.56 Å². The summed E-state index contributed by atoms with van der Waals surface area (Å²) in [5, 5.41) is 12.6. The first kappa shape index (κ1) is 23.4. The molecule has 0 fully saturated rings. The lowest BCUT2D eigenvalue weighted by Gasteiger charge is -2.11. The van der Waals surface area contributed by atoms with Crippen LogP contribution < -0.4 is 14.8 Å². The molecule has 32 heavy (non-hydrogen) atoms. The molecule has 0 aromatic heterocycles. The second-order valence-electron chi connectivity index (χ2n) is 6.67. The number of hydrogen-bond acceptors (Lipinski definition) is 4. The molecule has 0 bridgehead atoms. The molecule has 0 aliphatic carbocycles. The fourth-order valence-corrected chi connectivity index (χ4v) is 3.83. The highest BCUT2D eigenvalue weighted by atomic mass is 79.9. The molecule has 0 aliphatic heterocycles. The Morgan fingerprint density at radius 1 is 1.12 bits per heavy atom. The van der Waals surface area contributed by atoms with Gasteiger partial charge in [-0.3, -0.25) is 4.79 Å². The van der Waals surface area contributed by atoms with Crippen LogP contribution in [0.15, 0.2) is 76.8 Å². The van der Waals surface area contributed by atoms with Crippen LogP contribution in [0, 0.1) is 11.3 Å². The molecule has 0 heterocycles. The Morgan fingerprint density at radius 2 is 1.84 bits per heavy atom. The normalized spacial score (nSPS) is 10.9. The Labute approximate surface area is 200 Å². The van der Waals surface area contributed by atoms with E-state index in [-0.39, 0.29) is 5.57 Å². The summed E-state index contributed by atoms with van der Waals surface area (Å²) in [4.78, 5) is 12.6. The molecule has 0 saturated carbocycles. The molecule has 1 amide bonds. The van der Waals surface area contributed by atoms with Crippen LogP contribution in [-0.2, 0) is 11.4 Å². The molecular formula is C25H20BrClN2O3. The molecule has 162 valence electrons. The highest BCUT2D eigenvalue weighted by Crippen LogP contribution is 2.35. The summed E-state index contributed by atoms with van der Waals surface area (Å²) in [7, 11) is 0. The van der Waals surface area contributed by atoms with E-state index in [1.165, 1.54) is 6.08 Å². The van der Waals surface area contributed by atoms with Crippen LogP contribution in [0.3, 0.4) is 0 Å². The number of nitriles is 1. The Kier molecular flexibility index (Phi) is 8.32. The van der Waals surface area contributed by atoms with Gasteiger partial charge in [-0.05, 0) is 76.5 Å². The van der Waals surface area contributed by atoms with Crippen molar-refractivity contribution in [3.8, 4) is 17.6 Å². The lowest BCUT2D eigenvalue weighted by Crippen LogP contribution is -2.13. The number of halogens is 2. The van der Waals surface area contributed by atoms with Gasteiger partial charge in [0.1, 0.15) is 24.0 Å². The van der Waals surface area contributed by atoms with Gasteiger partial charge in [0.2, 0.25) is 0 Å². The van der Waals surface area contributed by atoms with Crippen molar-refractivity contribution < 1.29 is 14.3 Å². The zero-order valence-corrected chi connectivity index (χ0v) is 19.6. The lowest BCUT2D eigenvalue weighted by atomic mass is 10.1.